The van der Waals surface area contributed by atoms with E-state index in [4.69, 9.17) is 4.74 Å². The number of rotatable bonds is 9. The molecule has 0 N–H and O–H groups in total. The van der Waals surface area contributed by atoms with Crippen LogP contribution < -0.4 is 4.74 Å². The zero-order valence-electron chi connectivity index (χ0n) is 11.9. The third-order valence-electron chi connectivity index (χ3n) is 3.45. The van der Waals surface area contributed by atoms with Crippen molar-refractivity contribution in [2.75, 3.05) is 6.61 Å². The van der Waals surface area contributed by atoms with E-state index in [0.29, 0.717) is 5.92 Å². The molecule has 0 radical (unpaired) electrons. The summed E-state index contributed by atoms with van der Waals surface area (Å²) in [6, 6.07) is 6.44. The van der Waals surface area contributed by atoms with E-state index in [2.05, 4.69) is 63.9 Å². The highest BCUT2D eigenvalue weighted by Crippen LogP contribution is 2.25. The summed E-state index contributed by atoms with van der Waals surface area (Å²) < 4.78 is 6.07. The highest BCUT2D eigenvalue weighted by Gasteiger charge is 2.09. The second-order valence-electron chi connectivity index (χ2n) is 4.94. The fourth-order valence-electron chi connectivity index (χ4n) is 2.03. The van der Waals surface area contributed by atoms with Crippen molar-refractivity contribution in [1.29, 1.82) is 0 Å². The second-order valence-corrected chi connectivity index (χ2v) is 6.06. The summed E-state index contributed by atoms with van der Waals surface area (Å²) in [4.78, 5) is 0. The van der Waals surface area contributed by atoms with Gasteiger partial charge in [0.15, 0.2) is 0 Å². The Bertz CT molecular complexity index is 366. The van der Waals surface area contributed by atoms with Crippen LogP contribution in [0.5, 0.6) is 5.75 Å². The molecule has 19 heavy (non-hydrogen) atoms. The van der Waals surface area contributed by atoms with Crippen LogP contribution in [0.3, 0.4) is 0 Å². The Hall–Kier alpha value is -0.0200. The van der Waals surface area contributed by atoms with Crippen molar-refractivity contribution in [3.63, 3.8) is 0 Å². The summed E-state index contributed by atoms with van der Waals surface area (Å²) in [7, 11) is 0. The van der Waals surface area contributed by atoms with Crippen LogP contribution in [0.1, 0.15) is 50.7 Å². The molecule has 0 fully saturated rings. The minimum absolute atomic E-state index is 0.677. The Balaban J connectivity index is 2.63. The number of ether oxygens (including phenoxy) is 1. The van der Waals surface area contributed by atoms with Crippen molar-refractivity contribution in [2.45, 2.75) is 50.2 Å². The van der Waals surface area contributed by atoms with E-state index in [1.54, 1.807) is 0 Å². The van der Waals surface area contributed by atoms with E-state index >= 15 is 0 Å². The molecule has 1 nitrogen and oxygen atoms in total. The maximum atomic E-state index is 6.07. The molecule has 1 atom stereocenters. The Morgan fingerprint density at radius 2 is 1.95 bits per heavy atom. The quantitative estimate of drug-likeness (QED) is 0.464. The number of benzene rings is 1. The van der Waals surface area contributed by atoms with Gasteiger partial charge in [0.2, 0.25) is 0 Å². The molecule has 0 bridgehead atoms. The summed E-state index contributed by atoms with van der Waals surface area (Å²) in [6.45, 7) is 5.34. The van der Waals surface area contributed by atoms with Crippen molar-refractivity contribution in [3.05, 3.63) is 29.3 Å². The fraction of sp³-hybridized carbons (Fsp3) is 0.625. The van der Waals surface area contributed by atoms with Gasteiger partial charge in [-0.15, -0.1) is 0 Å². The summed E-state index contributed by atoms with van der Waals surface area (Å²) in [6.07, 6.45) is 5.04. The van der Waals surface area contributed by atoms with E-state index in [1.165, 1.54) is 36.8 Å². The Morgan fingerprint density at radius 3 is 2.53 bits per heavy atom. The molecular formula is C16H24Br2O. The molecule has 1 unspecified atom stereocenters. The zero-order valence-corrected chi connectivity index (χ0v) is 15.1. The van der Waals surface area contributed by atoms with Crippen molar-refractivity contribution < 1.29 is 4.74 Å². The second kappa shape index (κ2) is 9.82. The van der Waals surface area contributed by atoms with E-state index in [-0.39, 0.29) is 0 Å². The molecule has 0 spiro atoms. The lowest BCUT2D eigenvalue weighted by molar-refractivity contribution is 0.232. The van der Waals surface area contributed by atoms with Gasteiger partial charge in [-0.05, 0) is 24.0 Å². The summed E-state index contributed by atoms with van der Waals surface area (Å²) in [5, 5.41) is 1.72. The number of alkyl halides is 2. The molecule has 0 aliphatic carbocycles. The number of unbranched alkanes of at least 4 members (excludes halogenated alkanes) is 1. The first-order valence-electron chi connectivity index (χ1n) is 7.11. The number of hydrogen-bond donors (Lipinski definition) is 0. The van der Waals surface area contributed by atoms with Gasteiger partial charge >= 0.3 is 0 Å². The minimum Gasteiger partial charge on any atom is -0.493 e. The molecule has 0 saturated carbocycles. The van der Waals surface area contributed by atoms with Crippen LogP contribution in [-0.2, 0) is 10.7 Å². The first-order chi connectivity index (χ1) is 9.24. The SMILES string of the molecule is CCCCC(CC)COc1cc(CBr)ccc1CBr. The van der Waals surface area contributed by atoms with E-state index in [1.807, 2.05) is 0 Å². The molecule has 1 aromatic rings. The summed E-state index contributed by atoms with van der Waals surface area (Å²) >= 11 is 7.03. The van der Waals surface area contributed by atoms with Crippen molar-refractivity contribution in [2.24, 2.45) is 5.92 Å². The Morgan fingerprint density at radius 1 is 1.16 bits per heavy atom. The van der Waals surface area contributed by atoms with Gasteiger partial charge in [0.25, 0.3) is 0 Å². The molecule has 0 aliphatic rings. The van der Waals surface area contributed by atoms with Crippen LogP contribution in [0.15, 0.2) is 18.2 Å². The molecule has 3 heteroatoms. The largest absolute Gasteiger partial charge is 0.493 e. The molecule has 108 valence electrons. The van der Waals surface area contributed by atoms with E-state index in [9.17, 15) is 0 Å². The van der Waals surface area contributed by atoms with Crippen molar-refractivity contribution in [3.8, 4) is 5.75 Å². The maximum Gasteiger partial charge on any atom is 0.123 e. The van der Waals surface area contributed by atoms with Crippen LogP contribution in [0.2, 0.25) is 0 Å². The normalized spacial score (nSPS) is 12.4. The monoisotopic (exact) mass is 390 g/mol. The third-order valence-corrected chi connectivity index (χ3v) is 4.70. The lowest BCUT2D eigenvalue weighted by atomic mass is 10.0. The number of halogens is 2. The van der Waals surface area contributed by atoms with Crippen molar-refractivity contribution >= 4 is 31.9 Å². The first-order valence-corrected chi connectivity index (χ1v) is 9.35. The van der Waals surface area contributed by atoms with Gasteiger partial charge in [-0.2, -0.15) is 0 Å². The van der Waals surface area contributed by atoms with Crippen molar-refractivity contribution in [1.82, 2.24) is 0 Å². The topological polar surface area (TPSA) is 9.23 Å². The van der Waals surface area contributed by atoms with Gasteiger partial charge in [0, 0.05) is 16.2 Å². The molecule has 0 aliphatic heterocycles. The third kappa shape index (κ3) is 5.86. The highest BCUT2D eigenvalue weighted by atomic mass is 79.9. The minimum atomic E-state index is 0.677. The van der Waals surface area contributed by atoms with Crippen LogP contribution in [0, 0.1) is 5.92 Å². The molecule has 0 amide bonds. The Labute approximate surface area is 134 Å². The highest BCUT2D eigenvalue weighted by molar-refractivity contribution is 9.08. The first kappa shape index (κ1) is 17.0. The molecule has 1 rings (SSSR count). The van der Waals surface area contributed by atoms with Gasteiger partial charge in [-0.1, -0.05) is 77.1 Å². The van der Waals surface area contributed by atoms with E-state index in [0.717, 1.165) is 23.0 Å². The smallest absolute Gasteiger partial charge is 0.123 e. The predicted molar refractivity (Wildman–Crippen MR) is 90.5 cm³/mol. The predicted octanol–water partition coefficient (Wildman–Crippen LogP) is 6.07. The lowest BCUT2D eigenvalue weighted by Crippen LogP contribution is -2.12. The molecule has 0 saturated heterocycles. The fourth-order valence-corrected chi connectivity index (χ4v) is 2.84. The van der Waals surface area contributed by atoms with E-state index < -0.39 is 0 Å². The summed E-state index contributed by atoms with van der Waals surface area (Å²) in [5.41, 5.74) is 2.50. The van der Waals surface area contributed by atoms with Crippen LogP contribution in [-0.4, -0.2) is 6.61 Å². The van der Waals surface area contributed by atoms with Crippen LogP contribution in [0.4, 0.5) is 0 Å². The van der Waals surface area contributed by atoms with Gasteiger partial charge < -0.3 is 4.74 Å². The van der Waals surface area contributed by atoms with Crippen LogP contribution >= 0.6 is 31.9 Å². The average molecular weight is 392 g/mol. The van der Waals surface area contributed by atoms with Gasteiger partial charge in [-0.3, -0.25) is 0 Å². The molecule has 1 aromatic carbocycles. The van der Waals surface area contributed by atoms with Gasteiger partial charge in [-0.25, -0.2) is 0 Å². The maximum absolute atomic E-state index is 6.07. The standard InChI is InChI=1S/C16H24Br2O/c1-3-5-6-13(4-2)12-19-16-9-14(10-17)7-8-15(16)11-18/h7-9,13H,3-6,10-12H2,1-2H3. The Kier molecular flexibility index (Phi) is 8.80. The average Bonchev–Trinajstić information content (AvgIpc) is 2.47. The molecule has 0 aromatic heterocycles. The van der Waals surface area contributed by atoms with Gasteiger partial charge in [0.05, 0.1) is 6.61 Å². The van der Waals surface area contributed by atoms with Gasteiger partial charge in [0.1, 0.15) is 5.75 Å². The zero-order chi connectivity index (χ0) is 14.1. The summed E-state index contributed by atoms with van der Waals surface area (Å²) in [5.74, 6) is 1.71. The van der Waals surface area contributed by atoms with Crippen LogP contribution in [0.25, 0.3) is 0 Å². The lowest BCUT2D eigenvalue weighted by Gasteiger charge is -2.17. The molecular weight excluding hydrogens is 368 g/mol. The number of hydrogen-bond acceptors (Lipinski definition) is 1. The molecule has 0 heterocycles.